The first-order valence-corrected chi connectivity index (χ1v) is 12.2. The maximum absolute atomic E-state index is 11.7. The van der Waals surface area contributed by atoms with Crippen LogP contribution in [0.4, 0.5) is 5.95 Å². The molecule has 1 fully saturated rings. The fourth-order valence-electron chi connectivity index (χ4n) is 3.02. The lowest BCUT2D eigenvalue weighted by Gasteiger charge is -2.11. The van der Waals surface area contributed by atoms with Crippen molar-refractivity contribution in [2.24, 2.45) is 0 Å². The van der Waals surface area contributed by atoms with Gasteiger partial charge < -0.3 is 10.1 Å². The highest BCUT2D eigenvalue weighted by atomic mass is 32.2. The SMILES string of the molecule is CCc1cnc(NCc2cc(Oc3ccc(CS(=O)(=O)NC)cc3)nc(C3CC3)n2)nc1. The van der Waals surface area contributed by atoms with E-state index in [1.165, 1.54) is 7.05 Å². The Labute approximate surface area is 187 Å². The molecule has 0 aliphatic heterocycles. The number of hydrogen-bond donors (Lipinski definition) is 2. The molecule has 2 aromatic heterocycles. The Morgan fingerprint density at radius 3 is 2.41 bits per heavy atom. The molecule has 32 heavy (non-hydrogen) atoms. The largest absolute Gasteiger partial charge is 0.439 e. The second-order valence-corrected chi connectivity index (χ2v) is 9.59. The standard InChI is InChI=1S/C22H26N6O3S/c1-3-15-11-24-22(25-12-15)26-13-18-10-20(28-21(27-18)17-6-7-17)31-19-8-4-16(5-9-19)14-32(29,30)23-2/h4-5,8-12,17,23H,3,6-7,13-14H2,1-2H3,(H,24,25,26). The van der Waals surface area contributed by atoms with Crippen molar-refractivity contribution in [3.8, 4) is 11.6 Å². The summed E-state index contributed by atoms with van der Waals surface area (Å²) in [6, 6.07) is 8.72. The molecule has 0 amide bonds. The number of ether oxygens (including phenoxy) is 1. The van der Waals surface area contributed by atoms with Crippen LogP contribution in [0.3, 0.4) is 0 Å². The van der Waals surface area contributed by atoms with Crippen LogP contribution in [-0.2, 0) is 28.7 Å². The van der Waals surface area contributed by atoms with Crippen molar-refractivity contribution in [3.05, 3.63) is 65.4 Å². The maximum atomic E-state index is 11.7. The molecule has 4 rings (SSSR count). The smallest absolute Gasteiger partial charge is 0.222 e. The number of aromatic nitrogens is 4. The van der Waals surface area contributed by atoms with Crippen molar-refractivity contribution < 1.29 is 13.2 Å². The zero-order chi connectivity index (χ0) is 22.6. The minimum absolute atomic E-state index is 0.0831. The number of anilines is 1. The second kappa shape index (κ2) is 9.58. The molecule has 168 valence electrons. The first kappa shape index (κ1) is 22.1. The van der Waals surface area contributed by atoms with Crippen LogP contribution in [0.15, 0.2) is 42.7 Å². The summed E-state index contributed by atoms with van der Waals surface area (Å²) in [5.74, 6) is 2.64. The molecular formula is C22H26N6O3S. The number of sulfonamides is 1. The van der Waals surface area contributed by atoms with E-state index in [2.05, 4.69) is 36.9 Å². The van der Waals surface area contributed by atoms with Gasteiger partial charge in [-0.15, -0.1) is 0 Å². The maximum Gasteiger partial charge on any atom is 0.222 e. The fraction of sp³-hybridized carbons (Fsp3) is 0.364. The molecule has 9 nitrogen and oxygen atoms in total. The van der Waals surface area contributed by atoms with Crippen LogP contribution >= 0.6 is 0 Å². The van der Waals surface area contributed by atoms with Gasteiger partial charge in [0.1, 0.15) is 11.6 Å². The van der Waals surface area contributed by atoms with Gasteiger partial charge in [0, 0.05) is 24.4 Å². The van der Waals surface area contributed by atoms with Crippen LogP contribution in [0, 0.1) is 0 Å². The highest BCUT2D eigenvalue weighted by Gasteiger charge is 2.27. The molecule has 0 unspecified atom stereocenters. The predicted octanol–water partition coefficient (Wildman–Crippen LogP) is 3.16. The van der Waals surface area contributed by atoms with Gasteiger partial charge >= 0.3 is 0 Å². The molecule has 0 atom stereocenters. The van der Waals surface area contributed by atoms with E-state index in [4.69, 9.17) is 4.74 Å². The van der Waals surface area contributed by atoms with E-state index in [-0.39, 0.29) is 5.75 Å². The van der Waals surface area contributed by atoms with Crippen molar-refractivity contribution in [2.45, 2.75) is 44.4 Å². The van der Waals surface area contributed by atoms with E-state index in [0.717, 1.165) is 36.3 Å². The normalized spacial score (nSPS) is 13.7. The Bertz CT molecular complexity index is 1160. The van der Waals surface area contributed by atoms with Crippen molar-refractivity contribution in [1.82, 2.24) is 24.7 Å². The summed E-state index contributed by atoms with van der Waals surface area (Å²) in [5, 5.41) is 3.19. The lowest BCUT2D eigenvalue weighted by Crippen LogP contribution is -2.20. The number of aryl methyl sites for hydroxylation is 1. The number of benzene rings is 1. The molecule has 0 saturated heterocycles. The van der Waals surface area contributed by atoms with Gasteiger partial charge in [-0.1, -0.05) is 19.1 Å². The minimum Gasteiger partial charge on any atom is -0.439 e. The third kappa shape index (κ3) is 5.98. The average molecular weight is 455 g/mol. The predicted molar refractivity (Wildman–Crippen MR) is 121 cm³/mol. The summed E-state index contributed by atoms with van der Waals surface area (Å²) in [5.41, 5.74) is 2.54. The van der Waals surface area contributed by atoms with Crippen molar-refractivity contribution >= 4 is 16.0 Å². The van der Waals surface area contributed by atoms with Crippen LogP contribution in [0.1, 0.15) is 48.3 Å². The van der Waals surface area contributed by atoms with Crippen LogP contribution in [0.2, 0.25) is 0 Å². The first-order chi connectivity index (χ1) is 15.4. The number of nitrogens with zero attached hydrogens (tertiary/aromatic N) is 4. The van der Waals surface area contributed by atoms with E-state index in [0.29, 0.717) is 35.6 Å². The summed E-state index contributed by atoms with van der Waals surface area (Å²) in [7, 11) is -1.92. The highest BCUT2D eigenvalue weighted by molar-refractivity contribution is 7.88. The number of hydrogen-bond acceptors (Lipinski definition) is 8. The lowest BCUT2D eigenvalue weighted by molar-refractivity contribution is 0.457. The van der Waals surface area contributed by atoms with Gasteiger partial charge in [0.2, 0.25) is 21.9 Å². The van der Waals surface area contributed by atoms with Crippen LogP contribution in [-0.4, -0.2) is 35.4 Å². The highest BCUT2D eigenvalue weighted by Crippen LogP contribution is 2.39. The Kier molecular flexibility index (Phi) is 6.61. The molecule has 0 radical (unpaired) electrons. The van der Waals surface area contributed by atoms with Crippen molar-refractivity contribution in [3.63, 3.8) is 0 Å². The molecule has 0 spiro atoms. The molecule has 2 N–H and O–H groups in total. The molecule has 1 saturated carbocycles. The minimum atomic E-state index is -3.32. The van der Waals surface area contributed by atoms with E-state index in [1.807, 2.05) is 12.4 Å². The third-order valence-corrected chi connectivity index (χ3v) is 6.41. The Balaban J connectivity index is 1.46. The van der Waals surface area contributed by atoms with Crippen molar-refractivity contribution in [2.75, 3.05) is 12.4 Å². The van der Waals surface area contributed by atoms with Gasteiger partial charge in [0.15, 0.2) is 0 Å². The number of nitrogens with one attached hydrogen (secondary N) is 2. The monoisotopic (exact) mass is 454 g/mol. The van der Waals surface area contributed by atoms with E-state index in [9.17, 15) is 8.42 Å². The van der Waals surface area contributed by atoms with Gasteiger partial charge in [-0.3, -0.25) is 0 Å². The van der Waals surface area contributed by atoms with Crippen molar-refractivity contribution in [1.29, 1.82) is 0 Å². The van der Waals surface area contributed by atoms with E-state index in [1.54, 1.807) is 30.3 Å². The first-order valence-electron chi connectivity index (χ1n) is 10.5. The fourth-order valence-corrected chi connectivity index (χ4v) is 3.80. The van der Waals surface area contributed by atoms with Gasteiger partial charge in [0.25, 0.3) is 0 Å². The number of rotatable bonds is 10. The summed E-state index contributed by atoms with van der Waals surface area (Å²) >= 11 is 0. The molecule has 3 aromatic rings. The van der Waals surface area contributed by atoms with E-state index < -0.39 is 10.0 Å². The van der Waals surface area contributed by atoms with Crippen LogP contribution < -0.4 is 14.8 Å². The molecule has 1 aliphatic rings. The summed E-state index contributed by atoms with van der Waals surface area (Å²) in [6.45, 7) is 2.51. The van der Waals surface area contributed by atoms with Crippen LogP contribution in [0.25, 0.3) is 0 Å². The molecule has 2 heterocycles. The van der Waals surface area contributed by atoms with Gasteiger partial charge in [-0.05, 0) is 49.6 Å². The van der Waals surface area contributed by atoms with Crippen LogP contribution in [0.5, 0.6) is 11.6 Å². The summed E-state index contributed by atoms with van der Waals surface area (Å²) in [4.78, 5) is 17.9. The van der Waals surface area contributed by atoms with Gasteiger partial charge in [-0.2, -0.15) is 4.98 Å². The topological polar surface area (TPSA) is 119 Å². The Morgan fingerprint density at radius 1 is 1.06 bits per heavy atom. The lowest BCUT2D eigenvalue weighted by atomic mass is 10.2. The Morgan fingerprint density at radius 2 is 1.78 bits per heavy atom. The molecule has 1 aromatic carbocycles. The third-order valence-electron chi connectivity index (χ3n) is 5.07. The molecule has 0 bridgehead atoms. The second-order valence-electron chi connectivity index (χ2n) is 7.66. The molecule has 10 heteroatoms. The molecular weight excluding hydrogens is 428 g/mol. The summed E-state index contributed by atoms with van der Waals surface area (Å²) in [6.07, 6.45) is 6.67. The molecule has 1 aliphatic carbocycles. The van der Waals surface area contributed by atoms with Gasteiger partial charge in [0.05, 0.1) is 18.0 Å². The summed E-state index contributed by atoms with van der Waals surface area (Å²) < 4.78 is 31.7. The van der Waals surface area contributed by atoms with Gasteiger partial charge in [-0.25, -0.2) is 28.1 Å². The average Bonchev–Trinajstić information content (AvgIpc) is 3.65. The van der Waals surface area contributed by atoms with E-state index >= 15 is 0 Å². The zero-order valence-electron chi connectivity index (χ0n) is 18.1. The quantitative estimate of drug-likeness (QED) is 0.479. The Hall–Kier alpha value is -3.11. The zero-order valence-corrected chi connectivity index (χ0v) is 18.9.